The molecule has 2 aromatic carbocycles. The molecule has 142 valence electrons. The van der Waals surface area contributed by atoms with Crippen LogP contribution >= 0.6 is 0 Å². The second kappa shape index (κ2) is 6.34. The number of benzene rings is 2. The summed E-state index contributed by atoms with van der Waals surface area (Å²) < 4.78 is 5.69. The predicted octanol–water partition coefficient (Wildman–Crippen LogP) is 3.76. The lowest BCUT2D eigenvalue weighted by Gasteiger charge is -2.29. The van der Waals surface area contributed by atoms with Gasteiger partial charge < -0.3 is 9.73 Å². The highest BCUT2D eigenvalue weighted by Gasteiger charge is 2.42. The molecule has 0 bridgehead atoms. The number of nitrogens with zero attached hydrogens (tertiary/aromatic N) is 1. The fourth-order valence-corrected chi connectivity index (χ4v) is 3.38. The fourth-order valence-electron chi connectivity index (χ4n) is 3.38. The Kier molecular flexibility index (Phi) is 4.07. The zero-order chi connectivity index (χ0) is 20.1. The Morgan fingerprint density at radius 1 is 1.00 bits per heavy atom. The van der Waals surface area contributed by atoms with Crippen LogP contribution in [0.4, 0.5) is 0 Å². The minimum Gasteiger partial charge on any atom is -0.459 e. The van der Waals surface area contributed by atoms with Crippen LogP contribution in [0.3, 0.4) is 0 Å². The van der Waals surface area contributed by atoms with Gasteiger partial charge in [0.15, 0.2) is 0 Å². The maximum Gasteiger partial charge on any atom is 0.262 e. The quantitative estimate of drug-likeness (QED) is 0.706. The van der Waals surface area contributed by atoms with Gasteiger partial charge in [0.2, 0.25) is 0 Å². The van der Waals surface area contributed by atoms with Crippen molar-refractivity contribution < 1.29 is 18.8 Å². The molecule has 3 amide bonds. The lowest BCUT2D eigenvalue weighted by molar-refractivity contribution is 0.0507. The van der Waals surface area contributed by atoms with Gasteiger partial charge in [-0.05, 0) is 51.1 Å². The van der Waals surface area contributed by atoms with Crippen LogP contribution in [0.2, 0.25) is 0 Å². The molecule has 0 saturated carbocycles. The standard InChI is InChI=1S/C22H20N2O4/c1-22(2,3)24-20(26)16-9-8-14(11-17(16)21(24)27)19(25)23-12-15-10-13-6-4-5-7-18(13)28-15/h4-11H,12H2,1-3H3,(H,23,25). The van der Waals surface area contributed by atoms with Gasteiger partial charge in [0.1, 0.15) is 11.3 Å². The van der Waals surface area contributed by atoms with Crippen LogP contribution in [0.25, 0.3) is 11.0 Å². The summed E-state index contributed by atoms with van der Waals surface area (Å²) in [5.74, 6) is -0.403. The molecule has 1 aliphatic heterocycles. The summed E-state index contributed by atoms with van der Waals surface area (Å²) in [6.07, 6.45) is 0. The van der Waals surface area contributed by atoms with Crippen molar-refractivity contribution in [3.8, 4) is 0 Å². The number of carbonyl (C=O) groups is 3. The summed E-state index contributed by atoms with van der Waals surface area (Å²) in [6.45, 7) is 5.63. The van der Waals surface area contributed by atoms with Crippen LogP contribution < -0.4 is 5.32 Å². The number of hydrogen-bond donors (Lipinski definition) is 1. The van der Waals surface area contributed by atoms with Crippen molar-refractivity contribution in [1.82, 2.24) is 10.2 Å². The van der Waals surface area contributed by atoms with E-state index in [1.54, 1.807) is 26.8 Å². The average Bonchev–Trinajstić information content (AvgIpc) is 3.17. The Morgan fingerprint density at radius 2 is 1.71 bits per heavy atom. The third-order valence-electron chi connectivity index (χ3n) is 4.72. The topological polar surface area (TPSA) is 79.6 Å². The number of imide groups is 1. The Morgan fingerprint density at radius 3 is 2.43 bits per heavy atom. The van der Waals surface area contributed by atoms with Crippen molar-refractivity contribution in [2.75, 3.05) is 0 Å². The monoisotopic (exact) mass is 376 g/mol. The summed E-state index contributed by atoms with van der Waals surface area (Å²) in [5, 5.41) is 3.76. The smallest absolute Gasteiger partial charge is 0.262 e. The molecule has 0 fully saturated rings. The van der Waals surface area contributed by atoms with E-state index in [0.29, 0.717) is 16.9 Å². The second-order valence-corrected chi connectivity index (χ2v) is 7.81. The maximum absolute atomic E-state index is 12.7. The van der Waals surface area contributed by atoms with Crippen molar-refractivity contribution in [3.63, 3.8) is 0 Å². The molecule has 4 rings (SSSR count). The van der Waals surface area contributed by atoms with E-state index in [2.05, 4.69) is 5.32 Å². The Balaban J connectivity index is 1.53. The highest BCUT2D eigenvalue weighted by atomic mass is 16.3. The van der Waals surface area contributed by atoms with Gasteiger partial charge in [0.05, 0.1) is 17.7 Å². The molecular weight excluding hydrogens is 356 g/mol. The van der Waals surface area contributed by atoms with E-state index < -0.39 is 5.54 Å². The molecule has 1 N–H and O–H groups in total. The third-order valence-corrected chi connectivity index (χ3v) is 4.72. The van der Waals surface area contributed by atoms with Gasteiger partial charge >= 0.3 is 0 Å². The maximum atomic E-state index is 12.7. The molecule has 0 spiro atoms. The van der Waals surface area contributed by atoms with Crippen LogP contribution in [-0.2, 0) is 6.54 Å². The molecule has 0 aliphatic carbocycles. The van der Waals surface area contributed by atoms with Gasteiger partial charge in [0, 0.05) is 16.5 Å². The lowest BCUT2D eigenvalue weighted by atomic mass is 10.1. The van der Waals surface area contributed by atoms with Crippen LogP contribution in [0.5, 0.6) is 0 Å². The van der Waals surface area contributed by atoms with E-state index in [1.165, 1.54) is 17.0 Å². The molecule has 1 aliphatic rings. The summed E-state index contributed by atoms with van der Waals surface area (Å²) in [4.78, 5) is 39.0. The van der Waals surface area contributed by atoms with Crippen molar-refractivity contribution in [3.05, 3.63) is 71.0 Å². The highest BCUT2D eigenvalue weighted by molar-refractivity contribution is 6.22. The summed E-state index contributed by atoms with van der Waals surface area (Å²) in [5.41, 5.74) is 1.05. The first kappa shape index (κ1) is 18.0. The largest absolute Gasteiger partial charge is 0.459 e. The summed E-state index contributed by atoms with van der Waals surface area (Å²) in [7, 11) is 0. The van der Waals surface area contributed by atoms with Gasteiger partial charge in [-0.2, -0.15) is 0 Å². The normalized spacial score (nSPS) is 13.9. The van der Waals surface area contributed by atoms with Crippen molar-refractivity contribution in [2.45, 2.75) is 32.9 Å². The van der Waals surface area contributed by atoms with Gasteiger partial charge in [-0.25, -0.2) is 0 Å². The Hall–Kier alpha value is -3.41. The van der Waals surface area contributed by atoms with Crippen LogP contribution in [-0.4, -0.2) is 28.2 Å². The molecule has 0 unspecified atom stereocenters. The molecule has 3 aromatic rings. The molecule has 0 atom stereocenters. The first-order valence-electron chi connectivity index (χ1n) is 9.04. The number of fused-ring (bicyclic) bond motifs is 2. The van der Waals surface area contributed by atoms with Crippen molar-refractivity contribution >= 4 is 28.7 Å². The minimum absolute atomic E-state index is 0.228. The molecule has 6 nitrogen and oxygen atoms in total. The van der Waals surface area contributed by atoms with Crippen LogP contribution in [0.1, 0.15) is 57.6 Å². The number of furan rings is 1. The highest BCUT2D eigenvalue weighted by Crippen LogP contribution is 2.30. The van der Waals surface area contributed by atoms with Gasteiger partial charge in [-0.3, -0.25) is 19.3 Å². The van der Waals surface area contributed by atoms with Gasteiger partial charge in [0.25, 0.3) is 17.7 Å². The van der Waals surface area contributed by atoms with Crippen LogP contribution in [0.15, 0.2) is 52.9 Å². The van der Waals surface area contributed by atoms with Crippen LogP contribution in [0, 0.1) is 0 Å². The Labute approximate surface area is 162 Å². The van der Waals surface area contributed by atoms with Crippen molar-refractivity contribution in [2.24, 2.45) is 0 Å². The zero-order valence-electron chi connectivity index (χ0n) is 15.9. The number of rotatable bonds is 3. The summed E-state index contributed by atoms with van der Waals surface area (Å²) in [6, 6.07) is 14.1. The molecule has 0 saturated heterocycles. The third kappa shape index (κ3) is 2.97. The minimum atomic E-state index is -0.628. The van der Waals surface area contributed by atoms with Crippen molar-refractivity contribution in [1.29, 1.82) is 0 Å². The van der Waals surface area contributed by atoms with E-state index in [-0.39, 0.29) is 29.8 Å². The van der Waals surface area contributed by atoms with E-state index in [0.717, 1.165) is 11.0 Å². The first-order chi connectivity index (χ1) is 13.3. The Bertz CT molecular complexity index is 1090. The van der Waals surface area contributed by atoms with E-state index in [1.807, 2.05) is 30.3 Å². The van der Waals surface area contributed by atoms with Gasteiger partial charge in [-0.15, -0.1) is 0 Å². The number of hydrogen-bond acceptors (Lipinski definition) is 4. The predicted molar refractivity (Wildman–Crippen MR) is 104 cm³/mol. The molecule has 2 heterocycles. The number of nitrogens with one attached hydrogen (secondary N) is 1. The molecule has 1 aromatic heterocycles. The van der Waals surface area contributed by atoms with E-state index in [9.17, 15) is 14.4 Å². The SMILES string of the molecule is CC(C)(C)N1C(=O)c2ccc(C(=O)NCc3cc4ccccc4o3)cc2C1=O. The average molecular weight is 376 g/mol. The van der Waals surface area contributed by atoms with E-state index >= 15 is 0 Å². The fraction of sp³-hybridized carbons (Fsp3) is 0.227. The molecule has 28 heavy (non-hydrogen) atoms. The molecule has 0 radical (unpaired) electrons. The second-order valence-electron chi connectivity index (χ2n) is 7.81. The first-order valence-corrected chi connectivity index (χ1v) is 9.04. The molecule has 6 heteroatoms. The number of para-hydroxylation sites is 1. The number of amides is 3. The van der Waals surface area contributed by atoms with E-state index in [4.69, 9.17) is 4.42 Å². The number of carbonyl (C=O) groups excluding carboxylic acids is 3. The zero-order valence-corrected chi connectivity index (χ0v) is 15.9. The summed E-state index contributed by atoms with van der Waals surface area (Å²) >= 11 is 0. The lowest BCUT2D eigenvalue weighted by Crippen LogP contribution is -2.45. The molecular formula is C22H20N2O4. The van der Waals surface area contributed by atoms with Gasteiger partial charge in [-0.1, -0.05) is 18.2 Å².